The third-order valence-electron chi connectivity index (χ3n) is 4.19. The molecule has 5 nitrogen and oxygen atoms in total. The number of nitrogens with two attached hydrogens (primary N) is 1. The molecule has 0 unspecified atom stereocenters. The number of anilines is 1. The Morgan fingerprint density at radius 1 is 1.16 bits per heavy atom. The van der Waals surface area contributed by atoms with Gasteiger partial charge >= 0.3 is 0 Å². The first kappa shape index (κ1) is 17.0. The highest BCUT2D eigenvalue weighted by Crippen LogP contribution is 2.18. The van der Waals surface area contributed by atoms with E-state index in [0.29, 0.717) is 17.9 Å². The fourth-order valence-electron chi connectivity index (χ4n) is 2.89. The lowest BCUT2D eigenvalue weighted by atomic mass is 10.2. The first-order valence-corrected chi connectivity index (χ1v) is 8.51. The molecule has 25 heavy (non-hydrogen) atoms. The Labute approximate surface area is 147 Å². The summed E-state index contributed by atoms with van der Waals surface area (Å²) >= 11 is 0. The van der Waals surface area contributed by atoms with E-state index < -0.39 is 0 Å². The van der Waals surface area contributed by atoms with Gasteiger partial charge in [0.2, 0.25) is 0 Å². The van der Waals surface area contributed by atoms with Crippen molar-refractivity contribution in [1.29, 1.82) is 0 Å². The summed E-state index contributed by atoms with van der Waals surface area (Å²) in [7, 11) is 2.09. The van der Waals surface area contributed by atoms with E-state index in [1.54, 1.807) is 0 Å². The summed E-state index contributed by atoms with van der Waals surface area (Å²) in [5.41, 5.74) is 9.25. The van der Waals surface area contributed by atoms with Crippen molar-refractivity contribution < 1.29 is 4.79 Å². The minimum absolute atomic E-state index is 0.0829. The molecule has 4 N–H and O–H groups in total. The molecule has 1 amide bonds. The van der Waals surface area contributed by atoms with Crippen LogP contribution in [0.25, 0.3) is 10.9 Å². The Morgan fingerprint density at radius 2 is 1.96 bits per heavy atom. The van der Waals surface area contributed by atoms with Gasteiger partial charge in [-0.15, -0.1) is 0 Å². The second-order valence-electron chi connectivity index (χ2n) is 6.36. The fourth-order valence-corrected chi connectivity index (χ4v) is 2.89. The van der Waals surface area contributed by atoms with Gasteiger partial charge in [-0.3, -0.25) is 4.79 Å². The van der Waals surface area contributed by atoms with Gasteiger partial charge in [-0.2, -0.15) is 0 Å². The van der Waals surface area contributed by atoms with Crippen LogP contribution in [0.4, 0.5) is 5.69 Å². The quantitative estimate of drug-likeness (QED) is 0.459. The van der Waals surface area contributed by atoms with E-state index in [-0.39, 0.29) is 5.91 Å². The van der Waals surface area contributed by atoms with Gasteiger partial charge in [-0.05, 0) is 49.8 Å². The third kappa shape index (κ3) is 4.61. The molecule has 0 fully saturated rings. The number of hydrogen-bond donors (Lipinski definition) is 3. The van der Waals surface area contributed by atoms with Gasteiger partial charge in [-0.25, -0.2) is 0 Å². The summed E-state index contributed by atoms with van der Waals surface area (Å²) in [5.74, 6) is -0.0829. The third-order valence-corrected chi connectivity index (χ3v) is 4.19. The Morgan fingerprint density at radius 3 is 2.76 bits per heavy atom. The van der Waals surface area contributed by atoms with Crippen LogP contribution >= 0.6 is 0 Å². The standard InChI is InChI=1S/C20H24N4O/c1-24(14-15-6-3-2-4-7-15)11-5-10-22-20(25)19-13-16-12-17(21)8-9-18(16)23-19/h2-4,6-9,12-13,23H,5,10-11,14,21H2,1H3,(H,22,25). The van der Waals surface area contributed by atoms with Gasteiger partial charge < -0.3 is 20.9 Å². The summed E-state index contributed by atoms with van der Waals surface area (Å²) in [6.07, 6.45) is 0.905. The van der Waals surface area contributed by atoms with Crippen LogP contribution in [0.3, 0.4) is 0 Å². The van der Waals surface area contributed by atoms with E-state index in [0.717, 1.165) is 30.4 Å². The molecule has 0 aliphatic heterocycles. The average molecular weight is 336 g/mol. The summed E-state index contributed by atoms with van der Waals surface area (Å²) in [6.45, 7) is 2.49. The van der Waals surface area contributed by atoms with Crippen molar-refractivity contribution >= 4 is 22.5 Å². The number of H-pyrrole nitrogens is 1. The van der Waals surface area contributed by atoms with Crippen molar-refractivity contribution in [2.75, 3.05) is 25.9 Å². The second kappa shape index (κ2) is 7.85. The molecule has 0 spiro atoms. The fraction of sp³-hybridized carbons (Fsp3) is 0.250. The van der Waals surface area contributed by atoms with Crippen LogP contribution in [-0.4, -0.2) is 35.9 Å². The molecule has 3 aromatic rings. The van der Waals surface area contributed by atoms with Crippen LogP contribution < -0.4 is 11.1 Å². The Bertz CT molecular complexity index is 841. The molecule has 0 saturated heterocycles. The number of carbonyl (C=O) groups is 1. The largest absolute Gasteiger partial charge is 0.399 e. The molecule has 2 aromatic carbocycles. The maximum absolute atomic E-state index is 12.2. The van der Waals surface area contributed by atoms with Crippen LogP contribution in [0.1, 0.15) is 22.5 Å². The molecule has 130 valence electrons. The molecular weight excluding hydrogens is 312 g/mol. The molecule has 0 bridgehead atoms. The smallest absolute Gasteiger partial charge is 0.267 e. The lowest BCUT2D eigenvalue weighted by Gasteiger charge is -2.16. The molecule has 3 rings (SSSR count). The van der Waals surface area contributed by atoms with Crippen molar-refractivity contribution in [2.45, 2.75) is 13.0 Å². The number of amides is 1. The second-order valence-corrected chi connectivity index (χ2v) is 6.36. The van der Waals surface area contributed by atoms with Gasteiger partial charge in [0.05, 0.1) is 0 Å². The van der Waals surface area contributed by atoms with Crippen LogP contribution in [-0.2, 0) is 6.54 Å². The lowest BCUT2D eigenvalue weighted by molar-refractivity contribution is 0.0947. The van der Waals surface area contributed by atoms with Crippen molar-refractivity contribution in [1.82, 2.24) is 15.2 Å². The van der Waals surface area contributed by atoms with Gasteiger partial charge in [-0.1, -0.05) is 30.3 Å². The summed E-state index contributed by atoms with van der Waals surface area (Å²) in [6, 6.07) is 17.8. The average Bonchev–Trinajstić information content (AvgIpc) is 3.02. The van der Waals surface area contributed by atoms with Crippen molar-refractivity contribution in [2.24, 2.45) is 0 Å². The van der Waals surface area contributed by atoms with Gasteiger partial charge in [0.15, 0.2) is 0 Å². The van der Waals surface area contributed by atoms with E-state index in [1.165, 1.54) is 5.56 Å². The first-order chi connectivity index (χ1) is 12.1. The first-order valence-electron chi connectivity index (χ1n) is 8.51. The van der Waals surface area contributed by atoms with E-state index in [9.17, 15) is 4.79 Å². The maximum atomic E-state index is 12.2. The van der Waals surface area contributed by atoms with E-state index in [4.69, 9.17) is 5.73 Å². The molecule has 0 radical (unpaired) electrons. The highest BCUT2D eigenvalue weighted by molar-refractivity contribution is 5.98. The minimum atomic E-state index is -0.0829. The number of aromatic nitrogens is 1. The van der Waals surface area contributed by atoms with Gasteiger partial charge in [0, 0.05) is 29.7 Å². The predicted octanol–water partition coefficient (Wildman–Crippen LogP) is 3.00. The summed E-state index contributed by atoms with van der Waals surface area (Å²) in [4.78, 5) is 17.6. The number of rotatable bonds is 7. The number of nitrogens with one attached hydrogen (secondary N) is 2. The number of nitrogen functional groups attached to an aromatic ring is 1. The number of benzene rings is 2. The lowest BCUT2D eigenvalue weighted by Crippen LogP contribution is -2.28. The number of nitrogens with zero attached hydrogens (tertiary/aromatic N) is 1. The zero-order valence-electron chi connectivity index (χ0n) is 14.5. The van der Waals surface area contributed by atoms with Crippen molar-refractivity contribution in [3.05, 3.63) is 65.9 Å². The molecular formula is C20H24N4O. The Kier molecular flexibility index (Phi) is 5.36. The number of fused-ring (bicyclic) bond motifs is 1. The normalized spacial score (nSPS) is 11.1. The van der Waals surface area contributed by atoms with Crippen LogP contribution in [0.2, 0.25) is 0 Å². The molecule has 0 aliphatic rings. The highest BCUT2D eigenvalue weighted by atomic mass is 16.1. The zero-order chi connectivity index (χ0) is 17.6. The van der Waals surface area contributed by atoms with E-state index in [1.807, 2.05) is 30.3 Å². The molecule has 1 aromatic heterocycles. The number of aromatic amines is 1. The highest BCUT2D eigenvalue weighted by Gasteiger charge is 2.09. The molecule has 0 saturated carbocycles. The summed E-state index contributed by atoms with van der Waals surface area (Å²) < 4.78 is 0. The Balaban J connectivity index is 1.44. The monoisotopic (exact) mass is 336 g/mol. The molecule has 5 heteroatoms. The number of hydrogen-bond acceptors (Lipinski definition) is 3. The van der Waals surface area contributed by atoms with Crippen LogP contribution in [0.5, 0.6) is 0 Å². The number of carbonyl (C=O) groups excluding carboxylic acids is 1. The molecule has 1 heterocycles. The topological polar surface area (TPSA) is 74.2 Å². The van der Waals surface area contributed by atoms with Gasteiger partial charge in [0.25, 0.3) is 5.91 Å². The molecule has 0 atom stereocenters. The molecule has 0 aliphatic carbocycles. The minimum Gasteiger partial charge on any atom is -0.399 e. The maximum Gasteiger partial charge on any atom is 0.267 e. The van der Waals surface area contributed by atoms with Crippen LogP contribution in [0, 0.1) is 0 Å². The SMILES string of the molecule is CN(CCCNC(=O)c1cc2cc(N)ccc2[nH]1)Cc1ccccc1. The van der Waals surface area contributed by atoms with Crippen molar-refractivity contribution in [3.8, 4) is 0 Å². The Hall–Kier alpha value is -2.79. The van der Waals surface area contributed by atoms with Gasteiger partial charge in [0.1, 0.15) is 5.69 Å². The van der Waals surface area contributed by atoms with E-state index >= 15 is 0 Å². The van der Waals surface area contributed by atoms with Crippen LogP contribution in [0.15, 0.2) is 54.6 Å². The zero-order valence-corrected chi connectivity index (χ0v) is 14.5. The summed E-state index contributed by atoms with van der Waals surface area (Å²) in [5, 5.41) is 3.92. The van der Waals surface area contributed by atoms with Crippen molar-refractivity contribution in [3.63, 3.8) is 0 Å². The van der Waals surface area contributed by atoms with E-state index in [2.05, 4.69) is 46.5 Å². The predicted molar refractivity (Wildman–Crippen MR) is 102 cm³/mol.